The average molecular weight is 387 g/mol. The summed E-state index contributed by atoms with van der Waals surface area (Å²) in [6.07, 6.45) is 1.26. The molecule has 0 saturated carbocycles. The molecule has 0 aliphatic rings. The van der Waals surface area contributed by atoms with Gasteiger partial charge in [-0.3, -0.25) is 4.90 Å². The lowest BCUT2D eigenvalue weighted by atomic mass is 9.86. The van der Waals surface area contributed by atoms with Crippen LogP contribution in [0.3, 0.4) is 0 Å². The molecule has 26 heavy (non-hydrogen) atoms. The van der Waals surface area contributed by atoms with Crippen molar-refractivity contribution in [2.45, 2.75) is 66.6 Å². The zero-order valence-corrected chi connectivity index (χ0v) is 18.3. The van der Waals surface area contributed by atoms with Gasteiger partial charge >= 0.3 is 0 Å². The minimum Gasteiger partial charge on any atom is -0.295 e. The smallest absolute Gasteiger partial charge is 0.211 e. The Morgan fingerprint density at radius 3 is 1.88 bits per heavy atom. The molecule has 0 heterocycles. The number of hydrogen-bond donors (Lipinski definition) is 0. The standard InChI is InChI=1S/C20H35FN2O2S/c1-16(19(2,3)4)22(15-17-9-11-18(21)12-10-17)13-14-23(20(5,6)7)26(8,24)25/h9-12,16H,13-15H2,1-8H3. The highest BCUT2D eigenvalue weighted by Crippen LogP contribution is 2.26. The van der Waals surface area contributed by atoms with E-state index in [0.717, 1.165) is 5.56 Å². The van der Waals surface area contributed by atoms with Crippen LogP contribution in [0.5, 0.6) is 0 Å². The summed E-state index contributed by atoms with van der Waals surface area (Å²) in [6, 6.07) is 6.74. The summed E-state index contributed by atoms with van der Waals surface area (Å²) in [5.74, 6) is -0.250. The van der Waals surface area contributed by atoms with Gasteiger partial charge in [-0.05, 0) is 50.8 Å². The number of benzene rings is 1. The van der Waals surface area contributed by atoms with Crippen LogP contribution in [0, 0.1) is 11.2 Å². The third-order valence-electron chi connectivity index (χ3n) is 4.84. The fourth-order valence-corrected chi connectivity index (χ4v) is 4.41. The Morgan fingerprint density at radius 1 is 1.00 bits per heavy atom. The summed E-state index contributed by atoms with van der Waals surface area (Å²) in [6.45, 7) is 16.1. The molecule has 0 bridgehead atoms. The molecule has 0 radical (unpaired) electrons. The van der Waals surface area contributed by atoms with Crippen molar-refractivity contribution in [1.29, 1.82) is 0 Å². The maximum Gasteiger partial charge on any atom is 0.211 e. The largest absolute Gasteiger partial charge is 0.295 e. The van der Waals surface area contributed by atoms with Gasteiger partial charge in [-0.1, -0.05) is 32.9 Å². The maximum absolute atomic E-state index is 13.2. The van der Waals surface area contributed by atoms with Gasteiger partial charge in [0.2, 0.25) is 10.0 Å². The Balaban J connectivity index is 3.03. The van der Waals surface area contributed by atoms with Gasteiger partial charge in [-0.2, -0.15) is 4.31 Å². The van der Waals surface area contributed by atoms with E-state index in [1.54, 1.807) is 16.4 Å². The summed E-state index contributed by atoms with van der Waals surface area (Å²) in [7, 11) is -3.30. The molecular weight excluding hydrogens is 351 g/mol. The van der Waals surface area contributed by atoms with Crippen molar-refractivity contribution in [2.75, 3.05) is 19.3 Å². The predicted octanol–water partition coefficient (Wildman–Crippen LogP) is 4.12. The molecule has 0 spiro atoms. The molecule has 0 amide bonds. The second-order valence-electron chi connectivity index (χ2n) is 9.14. The first-order chi connectivity index (χ1) is 11.6. The molecule has 0 fully saturated rings. The first-order valence-corrected chi connectivity index (χ1v) is 10.9. The molecule has 1 aromatic carbocycles. The van der Waals surface area contributed by atoms with Crippen LogP contribution in [-0.4, -0.2) is 48.5 Å². The Kier molecular flexibility index (Phi) is 7.41. The second-order valence-corrected chi connectivity index (χ2v) is 11.1. The summed E-state index contributed by atoms with van der Waals surface area (Å²) >= 11 is 0. The van der Waals surface area contributed by atoms with E-state index in [2.05, 4.69) is 32.6 Å². The fourth-order valence-electron chi connectivity index (χ4n) is 3.00. The monoisotopic (exact) mass is 386 g/mol. The van der Waals surface area contributed by atoms with Crippen molar-refractivity contribution < 1.29 is 12.8 Å². The SMILES string of the molecule is CC(N(CCN(C(C)(C)C)S(C)(=O)=O)Cc1ccc(F)cc1)C(C)(C)C. The Morgan fingerprint density at radius 2 is 1.50 bits per heavy atom. The van der Waals surface area contributed by atoms with Gasteiger partial charge in [0, 0.05) is 31.2 Å². The summed E-state index contributed by atoms with van der Waals surface area (Å²) in [4.78, 5) is 2.27. The third-order valence-corrected chi connectivity index (χ3v) is 6.37. The number of halogens is 1. The number of sulfonamides is 1. The van der Waals surface area contributed by atoms with Gasteiger partial charge in [0.05, 0.1) is 6.26 Å². The van der Waals surface area contributed by atoms with E-state index in [0.29, 0.717) is 19.6 Å². The lowest BCUT2D eigenvalue weighted by Gasteiger charge is -2.40. The molecule has 1 atom stereocenters. The Bertz CT molecular complexity index is 673. The lowest BCUT2D eigenvalue weighted by Crippen LogP contribution is -2.50. The molecule has 0 aliphatic heterocycles. The predicted molar refractivity (Wildman–Crippen MR) is 107 cm³/mol. The van der Waals surface area contributed by atoms with Crippen molar-refractivity contribution >= 4 is 10.0 Å². The Hall–Kier alpha value is -0.980. The van der Waals surface area contributed by atoms with Gasteiger partial charge in [0.1, 0.15) is 5.82 Å². The summed E-state index contributed by atoms with van der Waals surface area (Å²) in [5.41, 5.74) is 0.585. The van der Waals surface area contributed by atoms with Crippen LogP contribution in [0.2, 0.25) is 0 Å². The summed E-state index contributed by atoms with van der Waals surface area (Å²) in [5, 5.41) is 0. The minimum atomic E-state index is -3.30. The van der Waals surface area contributed by atoms with Crippen LogP contribution in [0.25, 0.3) is 0 Å². The number of rotatable bonds is 7. The van der Waals surface area contributed by atoms with Crippen molar-refractivity contribution in [3.05, 3.63) is 35.6 Å². The molecule has 4 nitrogen and oxygen atoms in total. The van der Waals surface area contributed by atoms with Gasteiger partial charge < -0.3 is 0 Å². The van der Waals surface area contributed by atoms with Crippen molar-refractivity contribution in [3.8, 4) is 0 Å². The molecule has 1 unspecified atom stereocenters. The van der Waals surface area contributed by atoms with Gasteiger partial charge in [-0.25, -0.2) is 12.8 Å². The van der Waals surface area contributed by atoms with Crippen LogP contribution in [-0.2, 0) is 16.6 Å². The highest BCUT2D eigenvalue weighted by molar-refractivity contribution is 7.88. The molecular formula is C20H35FN2O2S. The molecule has 6 heteroatoms. The van der Waals surface area contributed by atoms with E-state index in [1.807, 2.05) is 20.8 Å². The van der Waals surface area contributed by atoms with Crippen LogP contribution in [0.4, 0.5) is 4.39 Å². The van der Waals surface area contributed by atoms with E-state index in [9.17, 15) is 12.8 Å². The van der Waals surface area contributed by atoms with Gasteiger partial charge in [-0.15, -0.1) is 0 Å². The maximum atomic E-state index is 13.2. The highest BCUT2D eigenvalue weighted by Gasteiger charge is 2.32. The quantitative estimate of drug-likeness (QED) is 0.708. The van der Waals surface area contributed by atoms with E-state index in [1.165, 1.54) is 18.4 Å². The van der Waals surface area contributed by atoms with Gasteiger partial charge in [0.15, 0.2) is 0 Å². The highest BCUT2D eigenvalue weighted by atomic mass is 32.2. The van der Waals surface area contributed by atoms with E-state index >= 15 is 0 Å². The van der Waals surface area contributed by atoms with E-state index in [4.69, 9.17) is 0 Å². The first kappa shape index (κ1) is 23.1. The first-order valence-electron chi connectivity index (χ1n) is 9.08. The second kappa shape index (κ2) is 8.36. The topological polar surface area (TPSA) is 40.6 Å². The lowest BCUT2D eigenvalue weighted by molar-refractivity contribution is 0.0921. The third kappa shape index (κ3) is 6.97. The molecule has 0 aliphatic carbocycles. The molecule has 1 rings (SSSR count). The normalized spacial score (nSPS) is 14.9. The van der Waals surface area contributed by atoms with Crippen molar-refractivity contribution in [1.82, 2.24) is 9.21 Å². The molecule has 150 valence electrons. The number of hydrogen-bond acceptors (Lipinski definition) is 3. The zero-order valence-electron chi connectivity index (χ0n) is 17.5. The minimum absolute atomic E-state index is 0.0394. The molecule has 0 N–H and O–H groups in total. The molecule has 0 saturated heterocycles. The van der Waals surface area contributed by atoms with E-state index < -0.39 is 15.6 Å². The van der Waals surface area contributed by atoms with Crippen LogP contribution in [0.1, 0.15) is 54.0 Å². The fraction of sp³-hybridized carbons (Fsp3) is 0.700. The summed E-state index contributed by atoms with van der Waals surface area (Å²) < 4.78 is 39.2. The van der Waals surface area contributed by atoms with E-state index in [-0.39, 0.29) is 17.3 Å². The molecule has 0 aromatic heterocycles. The van der Waals surface area contributed by atoms with Crippen LogP contribution < -0.4 is 0 Å². The molecule has 1 aromatic rings. The Labute approximate surface area is 159 Å². The average Bonchev–Trinajstić information content (AvgIpc) is 2.44. The van der Waals surface area contributed by atoms with Crippen molar-refractivity contribution in [2.24, 2.45) is 5.41 Å². The van der Waals surface area contributed by atoms with Crippen LogP contribution in [0.15, 0.2) is 24.3 Å². The van der Waals surface area contributed by atoms with Crippen molar-refractivity contribution in [3.63, 3.8) is 0 Å². The number of nitrogens with zero attached hydrogens (tertiary/aromatic N) is 2. The zero-order chi connectivity index (χ0) is 20.3. The van der Waals surface area contributed by atoms with Crippen LogP contribution >= 0.6 is 0 Å². The van der Waals surface area contributed by atoms with Gasteiger partial charge in [0.25, 0.3) is 0 Å².